The van der Waals surface area contributed by atoms with Gasteiger partial charge in [-0.2, -0.15) is 0 Å². The van der Waals surface area contributed by atoms with Crippen LogP contribution in [0.25, 0.3) is 0 Å². The van der Waals surface area contributed by atoms with Crippen molar-refractivity contribution in [2.24, 2.45) is 11.3 Å². The number of hydrogen-bond acceptors (Lipinski definition) is 6. The van der Waals surface area contributed by atoms with E-state index in [1.54, 1.807) is 46.8 Å². The van der Waals surface area contributed by atoms with Crippen LogP contribution in [0.5, 0.6) is 0 Å². The summed E-state index contributed by atoms with van der Waals surface area (Å²) in [5, 5.41) is 8.70. The SMILES string of the molecule is CCOC(=O)C(C(=N)C(C)(C)C)C(C(=O)OCC)N(Cc1ccc(C)cc1)C(=O)C(Cl)Cl. The normalized spacial score (nSPS) is 13.3. The molecule has 0 fully saturated rings. The first-order valence-electron chi connectivity index (χ1n) is 10.4. The second kappa shape index (κ2) is 12.2. The summed E-state index contributed by atoms with van der Waals surface area (Å²) in [6.07, 6.45) is 0. The summed E-state index contributed by atoms with van der Waals surface area (Å²) >= 11 is 11.8. The zero-order valence-corrected chi connectivity index (χ0v) is 20.9. The lowest BCUT2D eigenvalue weighted by Gasteiger charge is -2.37. The number of hydrogen-bond donors (Lipinski definition) is 1. The first-order valence-corrected chi connectivity index (χ1v) is 11.3. The van der Waals surface area contributed by atoms with Crippen molar-refractivity contribution < 1.29 is 23.9 Å². The highest BCUT2D eigenvalue weighted by atomic mass is 35.5. The third-order valence-electron chi connectivity index (χ3n) is 4.78. The van der Waals surface area contributed by atoms with Crippen molar-refractivity contribution in [1.82, 2.24) is 4.90 Å². The molecule has 1 N–H and O–H groups in total. The van der Waals surface area contributed by atoms with Gasteiger partial charge in [0.15, 0.2) is 4.84 Å². The predicted molar refractivity (Wildman–Crippen MR) is 125 cm³/mol. The molecular formula is C23H32Cl2N2O5. The van der Waals surface area contributed by atoms with Gasteiger partial charge in [-0.1, -0.05) is 73.8 Å². The van der Waals surface area contributed by atoms with Crippen molar-refractivity contribution in [1.29, 1.82) is 5.41 Å². The van der Waals surface area contributed by atoms with Crippen molar-refractivity contribution in [3.05, 3.63) is 35.4 Å². The first kappa shape index (κ1) is 27.9. The number of rotatable bonds is 10. The van der Waals surface area contributed by atoms with E-state index in [1.165, 1.54) is 0 Å². The van der Waals surface area contributed by atoms with E-state index >= 15 is 0 Å². The number of ether oxygens (including phenoxy) is 2. The Balaban J connectivity index is 3.67. The maximum Gasteiger partial charge on any atom is 0.330 e. The standard InChI is InChI=1S/C23H32Cl2N2O5/c1-7-31-21(29)16(18(26)23(4,5)6)17(22(30)32-8-2)27(20(28)19(24)25)13-15-11-9-14(3)10-12-15/h9-12,16-17,19,26H,7-8,13H2,1-6H3. The smallest absolute Gasteiger partial charge is 0.330 e. The van der Waals surface area contributed by atoms with Crippen molar-refractivity contribution in [3.8, 4) is 0 Å². The van der Waals surface area contributed by atoms with E-state index < -0.39 is 40.1 Å². The maximum atomic E-state index is 13.1. The molecule has 0 saturated heterocycles. The van der Waals surface area contributed by atoms with Crippen LogP contribution in [0.15, 0.2) is 24.3 Å². The van der Waals surface area contributed by atoms with Gasteiger partial charge in [-0.15, -0.1) is 0 Å². The Morgan fingerprint density at radius 1 is 1.00 bits per heavy atom. The molecule has 1 amide bonds. The summed E-state index contributed by atoms with van der Waals surface area (Å²) in [6.45, 7) is 10.4. The van der Waals surface area contributed by atoms with E-state index in [2.05, 4.69) is 0 Å². The topological polar surface area (TPSA) is 96.8 Å². The van der Waals surface area contributed by atoms with E-state index in [9.17, 15) is 14.4 Å². The Kier molecular flexibility index (Phi) is 10.6. The minimum absolute atomic E-state index is 0.0193. The van der Waals surface area contributed by atoms with Crippen LogP contribution in [-0.4, -0.2) is 52.5 Å². The molecule has 0 aliphatic heterocycles. The monoisotopic (exact) mass is 486 g/mol. The molecule has 0 aromatic heterocycles. The molecule has 0 aliphatic carbocycles. The van der Waals surface area contributed by atoms with Crippen molar-refractivity contribution in [3.63, 3.8) is 0 Å². The van der Waals surface area contributed by atoms with E-state index in [0.717, 1.165) is 10.5 Å². The van der Waals surface area contributed by atoms with Crippen LogP contribution in [0.3, 0.4) is 0 Å². The molecule has 0 radical (unpaired) electrons. The number of carbonyl (C=O) groups excluding carboxylic acids is 3. The molecule has 0 saturated carbocycles. The second-order valence-corrected chi connectivity index (χ2v) is 9.44. The van der Waals surface area contributed by atoms with Crippen molar-refractivity contribution in [2.75, 3.05) is 13.2 Å². The van der Waals surface area contributed by atoms with E-state index in [1.807, 2.05) is 19.1 Å². The zero-order valence-electron chi connectivity index (χ0n) is 19.4. The van der Waals surface area contributed by atoms with Gasteiger partial charge >= 0.3 is 11.9 Å². The molecule has 1 rings (SSSR count). The Morgan fingerprint density at radius 3 is 1.94 bits per heavy atom. The lowest BCUT2D eigenvalue weighted by molar-refractivity contribution is -0.163. The largest absolute Gasteiger partial charge is 0.465 e. The van der Waals surface area contributed by atoms with Gasteiger partial charge in [0.05, 0.1) is 13.2 Å². The van der Waals surface area contributed by atoms with E-state index in [0.29, 0.717) is 5.56 Å². The van der Waals surface area contributed by atoms with Crippen LogP contribution in [-0.2, 0) is 30.4 Å². The molecule has 1 aromatic rings. The number of halogens is 2. The van der Waals surface area contributed by atoms with Crippen LogP contribution in [0.4, 0.5) is 0 Å². The number of benzene rings is 1. The van der Waals surface area contributed by atoms with E-state index in [-0.39, 0.29) is 25.5 Å². The van der Waals surface area contributed by atoms with Crippen molar-refractivity contribution in [2.45, 2.75) is 59.0 Å². The summed E-state index contributed by atoms with van der Waals surface area (Å²) < 4.78 is 10.4. The summed E-state index contributed by atoms with van der Waals surface area (Å²) in [5.41, 5.74) is 0.843. The zero-order chi connectivity index (χ0) is 24.6. The lowest BCUT2D eigenvalue weighted by atomic mass is 9.78. The minimum Gasteiger partial charge on any atom is -0.465 e. The number of amides is 1. The second-order valence-electron chi connectivity index (χ2n) is 8.34. The van der Waals surface area contributed by atoms with Crippen LogP contribution in [0, 0.1) is 23.7 Å². The number of carbonyl (C=O) groups is 3. The molecule has 7 nitrogen and oxygen atoms in total. The van der Waals surface area contributed by atoms with Crippen molar-refractivity contribution >= 4 is 46.8 Å². The fourth-order valence-electron chi connectivity index (χ4n) is 3.10. The fourth-order valence-corrected chi connectivity index (χ4v) is 3.35. The van der Waals surface area contributed by atoms with Gasteiger partial charge < -0.3 is 19.8 Å². The first-order chi connectivity index (χ1) is 14.8. The molecule has 0 aliphatic rings. The number of nitrogens with zero attached hydrogens (tertiary/aromatic N) is 1. The number of nitrogens with one attached hydrogen (secondary N) is 1. The Morgan fingerprint density at radius 2 is 1.50 bits per heavy atom. The minimum atomic E-state index is -1.48. The Bertz CT molecular complexity index is 819. The average Bonchev–Trinajstić information content (AvgIpc) is 2.70. The van der Waals surface area contributed by atoms with Crippen LogP contribution in [0.1, 0.15) is 45.7 Å². The molecule has 1 aromatic carbocycles. The van der Waals surface area contributed by atoms with Crippen LogP contribution < -0.4 is 0 Å². The highest BCUT2D eigenvalue weighted by Crippen LogP contribution is 2.29. The predicted octanol–water partition coefficient (Wildman–Crippen LogP) is 4.30. The highest BCUT2D eigenvalue weighted by Gasteiger charge is 2.47. The number of esters is 2. The molecular weight excluding hydrogens is 455 g/mol. The Hall–Kier alpha value is -2.12. The fraction of sp³-hybridized carbons (Fsp3) is 0.565. The van der Waals surface area contributed by atoms with Gasteiger partial charge in [0, 0.05) is 17.7 Å². The highest BCUT2D eigenvalue weighted by molar-refractivity contribution is 6.53. The maximum absolute atomic E-state index is 13.1. The molecule has 2 unspecified atom stereocenters. The van der Waals surface area contributed by atoms with Gasteiger partial charge in [-0.25, -0.2) is 4.79 Å². The molecule has 2 atom stereocenters. The van der Waals surface area contributed by atoms with Gasteiger partial charge in [0.2, 0.25) is 0 Å². The molecule has 0 heterocycles. The van der Waals surface area contributed by atoms with Gasteiger partial charge in [-0.3, -0.25) is 9.59 Å². The molecule has 9 heteroatoms. The summed E-state index contributed by atoms with van der Waals surface area (Å²) in [5.74, 6) is -3.81. The third kappa shape index (κ3) is 7.48. The summed E-state index contributed by atoms with van der Waals surface area (Å²) in [6, 6.07) is 5.83. The summed E-state index contributed by atoms with van der Waals surface area (Å²) in [4.78, 5) is 38.8. The average molecular weight is 487 g/mol. The Labute approximate surface area is 199 Å². The molecule has 0 bridgehead atoms. The molecule has 32 heavy (non-hydrogen) atoms. The molecule has 0 spiro atoms. The number of alkyl halides is 2. The number of aryl methyl sites for hydroxylation is 1. The van der Waals surface area contributed by atoms with Crippen LogP contribution in [0.2, 0.25) is 0 Å². The van der Waals surface area contributed by atoms with Gasteiger partial charge in [-0.05, 0) is 26.3 Å². The summed E-state index contributed by atoms with van der Waals surface area (Å²) in [7, 11) is 0. The lowest BCUT2D eigenvalue weighted by Crippen LogP contribution is -2.56. The van der Waals surface area contributed by atoms with E-state index in [4.69, 9.17) is 38.1 Å². The molecule has 178 valence electrons. The third-order valence-corrected chi connectivity index (χ3v) is 5.16. The van der Waals surface area contributed by atoms with Crippen LogP contribution >= 0.6 is 23.2 Å². The van der Waals surface area contributed by atoms with Gasteiger partial charge in [0.1, 0.15) is 12.0 Å². The quantitative estimate of drug-likeness (QED) is 0.302. The van der Waals surface area contributed by atoms with Gasteiger partial charge in [0.25, 0.3) is 5.91 Å².